The van der Waals surface area contributed by atoms with Crippen LogP contribution in [-0.2, 0) is 0 Å². The molecule has 2 rings (SSSR count). The van der Waals surface area contributed by atoms with E-state index in [-0.39, 0.29) is 18.7 Å². The lowest BCUT2D eigenvalue weighted by molar-refractivity contribution is -0.185. The van der Waals surface area contributed by atoms with Crippen molar-refractivity contribution < 1.29 is 17.6 Å². The number of nitrogens with two attached hydrogens (primary N) is 1. The lowest BCUT2D eigenvalue weighted by atomic mass is 9.95. The van der Waals surface area contributed by atoms with Gasteiger partial charge in [-0.15, -0.1) is 0 Å². The van der Waals surface area contributed by atoms with Crippen molar-refractivity contribution in [2.45, 2.75) is 31.5 Å². The highest BCUT2D eigenvalue weighted by Crippen LogP contribution is 2.34. The molecule has 21 heavy (non-hydrogen) atoms. The minimum atomic E-state index is -4.09. The largest absolute Gasteiger partial charge is 0.391 e. The van der Waals surface area contributed by atoms with Gasteiger partial charge in [0, 0.05) is 11.6 Å². The number of alkyl halides is 3. The maximum atomic E-state index is 13.6. The topological polar surface area (TPSA) is 29.3 Å². The summed E-state index contributed by atoms with van der Waals surface area (Å²) >= 11 is 0. The van der Waals surface area contributed by atoms with E-state index >= 15 is 0 Å². The van der Waals surface area contributed by atoms with Crippen LogP contribution in [0.1, 0.15) is 30.9 Å². The second-order valence-corrected chi connectivity index (χ2v) is 5.57. The fourth-order valence-corrected chi connectivity index (χ4v) is 2.74. The zero-order chi connectivity index (χ0) is 15.5. The molecule has 1 saturated heterocycles. The van der Waals surface area contributed by atoms with Crippen molar-refractivity contribution in [2.75, 3.05) is 19.6 Å². The molecule has 0 aliphatic carbocycles. The molecule has 1 aromatic rings. The number of halogens is 4. The van der Waals surface area contributed by atoms with E-state index in [4.69, 9.17) is 5.73 Å². The van der Waals surface area contributed by atoms with E-state index in [0.29, 0.717) is 31.6 Å². The molecule has 1 aliphatic rings. The Kier molecular flexibility index (Phi) is 5.22. The predicted molar refractivity (Wildman–Crippen MR) is 73.2 cm³/mol. The van der Waals surface area contributed by atoms with Crippen molar-refractivity contribution in [3.05, 3.63) is 35.6 Å². The van der Waals surface area contributed by atoms with Crippen LogP contribution in [0.15, 0.2) is 24.3 Å². The molecule has 118 valence electrons. The lowest BCUT2D eigenvalue weighted by Gasteiger charge is -2.33. The number of nitrogens with zero attached hydrogens (tertiary/aromatic N) is 1. The zero-order valence-electron chi connectivity index (χ0n) is 11.7. The molecule has 2 nitrogen and oxygen atoms in total. The van der Waals surface area contributed by atoms with Crippen molar-refractivity contribution in [2.24, 2.45) is 11.7 Å². The summed E-state index contributed by atoms with van der Waals surface area (Å²) in [5, 5.41) is 0. The number of hydrogen-bond donors (Lipinski definition) is 1. The Bertz CT molecular complexity index is 453. The molecule has 1 unspecified atom stereocenters. The molecule has 0 radical (unpaired) electrons. The van der Waals surface area contributed by atoms with E-state index in [2.05, 4.69) is 0 Å². The third kappa shape index (κ3) is 4.41. The summed E-state index contributed by atoms with van der Waals surface area (Å²) in [5.41, 5.74) is 6.42. The fraction of sp³-hybridized carbons (Fsp3) is 0.600. The molecular formula is C15H20F4N2. The molecule has 0 bridgehead atoms. The van der Waals surface area contributed by atoms with Crippen LogP contribution in [-0.4, -0.2) is 30.7 Å². The van der Waals surface area contributed by atoms with Gasteiger partial charge in [0.2, 0.25) is 0 Å². The first-order valence-corrected chi connectivity index (χ1v) is 7.17. The molecule has 0 aromatic heterocycles. The average molecular weight is 304 g/mol. The first kappa shape index (κ1) is 16.2. The molecular weight excluding hydrogens is 284 g/mol. The molecule has 1 aliphatic heterocycles. The Morgan fingerprint density at radius 1 is 1.19 bits per heavy atom. The second kappa shape index (κ2) is 6.75. The molecule has 1 atom stereocenters. The highest BCUT2D eigenvalue weighted by Gasteiger charge is 2.40. The summed E-state index contributed by atoms with van der Waals surface area (Å²) in [6.07, 6.45) is -3.27. The first-order chi connectivity index (χ1) is 9.88. The van der Waals surface area contributed by atoms with Gasteiger partial charge in [-0.05, 0) is 45.0 Å². The number of rotatable bonds is 4. The minimum absolute atomic E-state index is 0.137. The number of hydrogen-bond acceptors (Lipinski definition) is 2. The van der Waals surface area contributed by atoms with Gasteiger partial charge < -0.3 is 10.6 Å². The predicted octanol–water partition coefficient (Wildman–Crippen LogP) is 3.49. The lowest BCUT2D eigenvalue weighted by Crippen LogP contribution is -2.40. The van der Waals surface area contributed by atoms with Crippen molar-refractivity contribution in [3.63, 3.8) is 0 Å². The van der Waals surface area contributed by atoms with Crippen LogP contribution in [0, 0.1) is 11.7 Å². The van der Waals surface area contributed by atoms with Gasteiger partial charge in [0.05, 0.1) is 5.92 Å². The molecule has 1 aromatic carbocycles. The van der Waals surface area contributed by atoms with E-state index in [9.17, 15) is 17.6 Å². The summed E-state index contributed by atoms with van der Waals surface area (Å²) in [4.78, 5) is 1.98. The Morgan fingerprint density at radius 2 is 1.81 bits per heavy atom. The monoisotopic (exact) mass is 304 g/mol. The van der Waals surface area contributed by atoms with Gasteiger partial charge >= 0.3 is 6.18 Å². The smallest absolute Gasteiger partial charge is 0.324 e. The van der Waals surface area contributed by atoms with Crippen molar-refractivity contribution in [1.29, 1.82) is 0 Å². The van der Waals surface area contributed by atoms with E-state index in [1.165, 1.54) is 6.07 Å². The second-order valence-electron chi connectivity index (χ2n) is 5.57. The molecule has 6 heteroatoms. The summed E-state index contributed by atoms with van der Waals surface area (Å²) < 4.78 is 51.3. The van der Waals surface area contributed by atoms with Gasteiger partial charge in [0.25, 0.3) is 0 Å². The average Bonchev–Trinajstić information content (AvgIpc) is 2.45. The van der Waals surface area contributed by atoms with Crippen molar-refractivity contribution in [1.82, 2.24) is 4.90 Å². The normalized spacial score (nSPS) is 19.7. The highest BCUT2D eigenvalue weighted by molar-refractivity contribution is 5.20. The van der Waals surface area contributed by atoms with Gasteiger partial charge in [-0.1, -0.05) is 18.2 Å². The van der Waals surface area contributed by atoms with Crippen molar-refractivity contribution in [3.8, 4) is 0 Å². The van der Waals surface area contributed by atoms with E-state index in [1.807, 2.05) is 4.90 Å². The number of piperidine rings is 1. The molecule has 1 heterocycles. The van der Waals surface area contributed by atoms with Crippen LogP contribution in [0.2, 0.25) is 0 Å². The summed E-state index contributed by atoms with van der Waals surface area (Å²) in [6, 6.07) is 5.92. The minimum Gasteiger partial charge on any atom is -0.324 e. The number of likely N-dealkylation sites (tertiary alicyclic amines) is 1. The number of benzene rings is 1. The maximum absolute atomic E-state index is 13.6. The van der Waals surface area contributed by atoms with Gasteiger partial charge in [-0.25, -0.2) is 4.39 Å². The van der Waals surface area contributed by atoms with Crippen LogP contribution in [0.25, 0.3) is 0 Å². The summed E-state index contributed by atoms with van der Waals surface area (Å²) in [7, 11) is 0. The third-order valence-electron chi connectivity index (χ3n) is 4.11. The summed E-state index contributed by atoms with van der Waals surface area (Å²) in [6.45, 7) is 1.45. The summed E-state index contributed by atoms with van der Waals surface area (Å²) in [5.74, 6) is -1.52. The zero-order valence-corrected chi connectivity index (χ0v) is 11.7. The van der Waals surface area contributed by atoms with Crippen molar-refractivity contribution >= 4 is 0 Å². The molecule has 0 spiro atoms. The van der Waals surface area contributed by atoms with Gasteiger partial charge in [-0.3, -0.25) is 0 Å². The van der Waals surface area contributed by atoms with Gasteiger partial charge in [0.15, 0.2) is 0 Å². The third-order valence-corrected chi connectivity index (χ3v) is 4.11. The SMILES string of the molecule is NC(CCN1CCC(C(F)(F)F)CC1)c1ccccc1F. The van der Waals surface area contributed by atoms with Crippen LogP contribution in [0.5, 0.6) is 0 Å². The fourth-order valence-electron chi connectivity index (χ4n) is 2.74. The molecule has 2 N–H and O–H groups in total. The maximum Gasteiger partial charge on any atom is 0.391 e. The quantitative estimate of drug-likeness (QED) is 0.863. The van der Waals surface area contributed by atoms with Gasteiger partial charge in [-0.2, -0.15) is 13.2 Å². The Balaban J connectivity index is 1.79. The Labute approximate surface area is 121 Å². The van der Waals surface area contributed by atoms with Crippen LogP contribution >= 0.6 is 0 Å². The van der Waals surface area contributed by atoms with Crippen LogP contribution in [0.4, 0.5) is 17.6 Å². The molecule has 1 fully saturated rings. The Hall–Kier alpha value is -1.14. The highest BCUT2D eigenvalue weighted by atomic mass is 19.4. The standard InChI is InChI=1S/C15H20F4N2/c16-13-4-2-1-3-12(13)14(20)7-10-21-8-5-11(6-9-21)15(17,18)19/h1-4,11,14H,5-10,20H2. The van der Waals surface area contributed by atoms with E-state index in [1.54, 1.807) is 18.2 Å². The molecule has 0 amide bonds. The van der Waals surface area contributed by atoms with Crippen LogP contribution < -0.4 is 5.73 Å². The Morgan fingerprint density at radius 3 is 2.38 bits per heavy atom. The first-order valence-electron chi connectivity index (χ1n) is 7.17. The van der Waals surface area contributed by atoms with Gasteiger partial charge in [0.1, 0.15) is 5.82 Å². The van der Waals surface area contributed by atoms with E-state index in [0.717, 1.165) is 0 Å². The van der Waals surface area contributed by atoms with Crippen LogP contribution in [0.3, 0.4) is 0 Å². The van der Waals surface area contributed by atoms with E-state index < -0.39 is 18.1 Å². The molecule has 0 saturated carbocycles.